The van der Waals surface area contributed by atoms with Crippen molar-refractivity contribution < 1.29 is 0 Å². The Morgan fingerprint density at radius 2 is 1.73 bits per heavy atom. The zero-order valence-corrected chi connectivity index (χ0v) is 16.4. The smallest absolute Gasteiger partial charge is 0.123 e. The van der Waals surface area contributed by atoms with Crippen LogP contribution in [0.4, 0.5) is 5.69 Å². The molecule has 0 saturated carbocycles. The molecule has 0 N–H and O–H groups in total. The number of hydrogen-bond donors (Lipinski definition) is 0. The first kappa shape index (κ1) is 17.5. The number of aryl methyl sites for hydroxylation is 1. The van der Waals surface area contributed by atoms with Crippen LogP contribution in [-0.2, 0) is 6.54 Å². The van der Waals surface area contributed by atoms with Gasteiger partial charge < -0.3 is 4.90 Å². The van der Waals surface area contributed by atoms with Gasteiger partial charge in [-0.25, -0.2) is 4.98 Å². The summed E-state index contributed by atoms with van der Waals surface area (Å²) in [5.74, 6) is 0. The second kappa shape index (κ2) is 7.78. The van der Waals surface area contributed by atoms with Crippen molar-refractivity contribution in [3.8, 4) is 10.6 Å². The third kappa shape index (κ3) is 3.93. The van der Waals surface area contributed by atoms with Gasteiger partial charge in [0.2, 0.25) is 0 Å². The van der Waals surface area contributed by atoms with E-state index in [1.54, 1.807) is 11.3 Å². The Balaban J connectivity index is 1.36. The van der Waals surface area contributed by atoms with Crippen LogP contribution in [0.3, 0.4) is 0 Å². The van der Waals surface area contributed by atoms with E-state index in [1.807, 2.05) is 12.1 Å². The van der Waals surface area contributed by atoms with Crippen LogP contribution in [0.25, 0.3) is 10.6 Å². The normalized spacial score (nSPS) is 15.4. The second-order valence-corrected chi connectivity index (χ2v) is 7.99. The van der Waals surface area contributed by atoms with Gasteiger partial charge in [0.1, 0.15) is 5.01 Å². The highest BCUT2D eigenvalue weighted by molar-refractivity contribution is 7.13. The molecular weight excluding hydrogens is 362 g/mol. The lowest BCUT2D eigenvalue weighted by molar-refractivity contribution is 0.247. The molecule has 0 unspecified atom stereocenters. The number of nitrogens with zero attached hydrogens (tertiary/aromatic N) is 3. The van der Waals surface area contributed by atoms with Crippen molar-refractivity contribution in [3.63, 3.8) is 0 Å². The van der Waals surface area contributed by atoms with E-state index >= 15 is 0 Å². The molecule has 0 radical (unpaired) electrons. The molecule has 2 aromatic carbocycles. The fourth-order valence-electron chi connectivity index (χ4n) is 3.36. The van der Waals surface area contributed by atoms with Crippen LogP contribution < -0.4 is 4.90 Å². The summed E-state index contributed by atoms with van der Waals surface area (Å²) in [6.07, 6.45) is 0. The van der Waals surface area contributed by atoms with Gasteiger partial charge in [-0.05, 0) is 36.8 Å². The number of piperazine rings is 1. The van der Waals surface area contributed by atoms with Crippen molar-refractivity contribution in [2.45, 2.75) is 13.5 Å². The van der Waals surface area contributed by atoms with Crippen LogP contribution in [0.5, 0.6) is 0 Å². The number of halogens is 1. The van der Waals surface area contributed by atoms with Crippen molar-refractivity contribution in [3.05, 3.63) is 70.2 Å². The molecule has 5 heteroatoms. The number of anilines is 1. The first-order valence-corrected chi connectivity index (χ1v) is 10.2. The summed E-state index contributed by atoms with van der Waals surface area (Å²) in [4.78, 5) is 9.78. The fourth-order valence-corrected chi connectivity index (χ4v) is 4.39. The van der Waals surface area contributed by atoms with Crippen LogP contribution >= 0.6 is 22.9 Å². The number of hydrogen-bond acceptors (Lipinski definition) is 4. The van der Waals surface area contributed by atoms with Gasteiger partial charge in [-0.15, -0.1) is 11.3 Å². The quantitative estimate of drug-likeness (QED) is 0.625. The second-order valence-electron chi connectivity index (χ2n) is 6.70. The summed E-state index contributed by atoms with van der Waals surface area (Å²) in [5.41, 5.74) is 4.96. The molecule has 1 fully saturated rings. The summed E-state index contributed by atoms with van der Waals surface area (Å²) >= 11 is 7.73. The van der Waals surface area contributed by atoms with Crippen LogP contribution in [0.2, 0.25) is 5.02 Å². The van der Waals surface area contributed by atoms with Crippen molar-refractivity contribution >= 4 is 28.6 Å². The highest BCUT2D eigenvalue weighted by atomic mass is 35.5. The van der Waals surface area contributed by atoms with Crippen LogP contribution in [0, 0.1) is 6.92 Å². The summed E-state index contributed by atoms with van der Waals surface area (Å²) < 4.78 is 0. The lowest BCUT2D eigenvalue weighted by Gasteiger charge is -2.35. The number of aromatic nitrogens is 1. The molecule has 2 heterocycles. The maximum Gasteiger partial charge on any atom is 0.123 e. The Bertz CT molecular complexity index is 867. The fraction of sp³-hybridized carbons (Fsp3) is 0.286. The molecule has 3 nitrogen and oxygen atoms in total. The Morgan fingerprint density at radius 3 is 2.46 bits per heavy atom. The Hall–Kier alpha value is -1.88. The van der Waals surface area contributed by atoms with Gasteiger partial charge in [0.15, 0.2) is 0 Å². The average molecular weight is 384 g/mol. The number of thiazole rings is 1. The van der Waals surface area contributed by atoms with E-state index in [0.717, 1.165) is 42.8 Å². The molecule has 0 atom stereocenters. The Labute approximate surface area is 163 Å². The first-order valence-electron chi connectivity index (χ1n) is 8.92. The molecule has 134 valence electrons. The molecule has 1 aliphatic rings. The molecule has 0 bridgehead atoms. The number of rotatable bonds is 4. The molecule has 0 amide bonds. The van der Waals surface area contributed by atoms with E-state index in [-0.39, 0.29) is 0 Å². The summed E-state index contributed by atoms with van der Waals surface area (Å²) in [7, 11) is 0. The molecule has 0 spiro atoms. The minimum absolute atomic E-state index is 0.792. The van der Waals surface area contributed by atoms with Crippen molar-refractivity contribution in [1.29, 1.82) is 0 Å². The van der Waals surface area contributed by atoms with Gasteiger partial charge in [0.25, 0.3) is 0 Å². The molecule has 3 aromatic rings. The molecule has 0 aliphatic carbocycles. The van der Waals surface area contributed by atoms with Gasteiger partial charge >= 0.3 is 0 Å². The molecule has 4 rings (SSSR count). The monoisotopic (exact) mass is 383 g/mol. The van der Waals surface area contributed by atoms with E-state index in [4.69, 9.17) is 16.6 Å². The minimum Gasteiger partial charge on any atom is -0.369 e. The lowest BCUT2D eigenvalue weighted by atomic mass is 10.1. The van der Waals surface area contributed by atoms with Crippen LogP contribution in [0.1, 0.15) is 11.3 Å². The highest BCUT2D eigenvalue weighted by Crippen LogP contribution is 2.27. The third-order valence-corrected chi connectivity index (χ3v) is 6.05. The van der Waals surface area contributed by atoms with Gasteiger partial charge in [0.05, 0.1) is 5.69 Å². The summed E-state index contributed by atoms with van der Waals surface area (Å²) in [6, 6.07) is 16.6. The van der Waals surface area contributed by atoms with Gasteiger partial charge in [0, 0.05) is 54.4 Å². The SMILES string of the molecule is Cc1ccccc1-c1nc(CN2CCN(c3ccc(Cl)cc3)CC2)cs1. The third-order valence-electron chi connectivity index (χ3n) is 4.88. The predicted molar refractivity (Wildman–Crippen MR) is 111 cm³/mol. The standard InChI is InChI=1S/C21H22ClN3S/c1-16-4-2-3-5-20(16)21-23-18(15-26-21)14-24-10-12-25(13-11-24)19-8-6-17(22)7-9-19/h2-9,15H,10-14H2,1H3. The van der Waals surface area contributed by atoms with Crippen LogP contribution in [-0.4, -0.2) is 36.1 Å². The Kier molecular flexibility index (Phi) is 5.25. The lowest BCUT2D eigenvalue weighted by Crippen LogP contribution is -2.46. The molecule has 1 saturated heterocycles. The van der Waals surface area contributed by atoms with E-state index in [9.17, 15) is 0 Å². The van der Waals surface area contributed by atoms with Gasteiger partial charge in [-0.3, -0.25) is 4.90 Å². The maximum atomic E-state index is 5.99. The van der Waals surface area contributed by atoms with Gasteiger partial charge in [-0.2, -0.15) is 0 Å². The van der Waals surface area contributed by atoms with Crippen molar-refractivity contribution in [1.82, 2.24) is 9.88 Å². The van der Waals surface area contributed by atoms with E-state index in [0.29, 0.717) is 0 Å². The Morgan fingerprint density at radius 1 is 1.00 bits per heavy atom. The van der Waals surface area contributed by atoms with Crippen molar-refractivity contribution in [2.24, 2.45) is 0 Å². The summed E-state index contributed by atoms with van der Waals surface area (Å²) in [6.45, 7) is 7.26. The molecule has 1 aliphatic heterocycles. The van der Waals surface area contributed by atoms with E-state index < -0.39 is 0 Å². The first-order chi connectivity index (χ1) is 12.7. The minimum atomic E-state index is 0.792. The van der Waals surface area contributed by atoms with E-state index in [1.165, 1.54) is 22.5 Å². The maximum absolute atomic E-state index is 5.99. The highest BCUT2D eigenvalue weighted by Gasteiger charge is 2.18. The topological polar surface area (TPSA) is 19.4 Å². The van der Waals surface area contributed by atoms with Gasteiger partial charge in [-0.1, -0.05) is 35.9 Å². The van der Waals surface area contributed by atoms with Crippen LogP contribution in [0.15, 0.2) is 53.9 Å². The van der Waals surface area contributed by atoms with Crippen molar-refractivity contribution in [2.75, 3.05) is 31.1 Å². The molecular formula is C21H22ClN3S. The molecule has 1 aromatic heterocycles. The van der Waals surface area contributed by atoms with E-state index in [2.05, 4.69) is 58.5 Å². The molecule has 26 heavy (non-hydrogen) atoms. The number of benzene rings is 2. The average Bonchev–Trinajstić information content (AvgIpc) is 3.12. The summed E-state index contributed by atoms with van der Waals surface area (Å²) in [5, 5.41) is 4.12. The predicted octanol–water partition coefficient (Wildman–Crippen LogP) is 5.09. The largest absolute Gasteiger partial charge is 0.369 e. The zero-order valence-electron chi connectivity index (χ0n) is 14.9. The zero-order chi connectivity index (χ0) is 17.9.